The van der Waals surface area contributed by atoms with Crippen LogP contribution < -0.4 is 0 Å². The maximum atomic E-state index is 12.2. The third-order valence-corrected chi connectivity index (χ3v) is 2.10. The van der Waals surface area contributed by atoms with Crippen molar-refractivity contribution in [1.82, 2.24) is 4.98 Å². The molecule has 0 unspecified atom stereocenters. The molecule has 2 nitrogen and oxygen atoms in total. The molecule has 0 bridgehead atoms. The molecule has 0 aliphatic heterocycles. The van der Waals surface area contributed by atoms with E-state index < -0.39 is 12.0 Å². The lowest BCUT2D eigenvalue weighted by molar-refractivity contribution is 0.150. The van der Waals surface area contributed by atoms with Gasteiger partial charge in [-0.3, -0.25) is 0 Å². The Morgan fingerprint density at radius 1 is 1.46 bits per heavy atom. The fourth-order valence-corrected chi connectivity index (χ4v) is 1.10. The first-order chi connectivity index (χ1) is 6.07. The lowest BCUT2D eigenvalue weighted by Gasteiger charge is -2.03. The molecule has 0 aliphatic rings. The maximum Gasteiger partial charge on any atom is 0.266 e. The fraction of sp³-hybridized carbons (Fsp3) is 0.143. The molecular weight excluding hydrogens is 221 g/mol. The first-order valence-corrected chi connectivity index (χ1v) is 3.85. The van der Waals surface area contributed by atoms with Gasteiger partial charge in [0.1, 0.15) is 11.2 Å². The van der Waals surface area contributed by atoms with Crippen LogP contribution >= 0.6 is 23.2 Å². The van der Waals surface area contributed by atoms with Gasteiger partial charge in [-0.1, -0.05) is 23.2 Å². The number of rotatable bonds is 1. The van der Waals surface area contributed by atoms with Crippen molar-refractivity contribution in [3.8, 4) is 6.07 Å². The summed E-state index contributed by atoms with van der Waals surface area (Å²) in [5, 5.41) is 8.13. The van der Waals surface area contributed by atoms with Crippen LogP contribution in [0, 0.1) is 11.3 Å². The average molecular weight is 223 g/mol. The zero-order chi connectivity index (χ0) is 10.0. The monoisotopic (exact) mass is 222 g/mol. The van der Waals surface area contributed by atoms with Gasteiger partial charge >= 0.3 is 0 Å². The molecule has 0 saturated heterocycles. The Kier molecular flexibility index (Phi) is 3.02. The number of aromatic nitrogens is 1. The van der Waals surface area contributed by atoms with E-state index in [2.05, 4.69) is 4.98 Å². The Morgan fingerprint density at radius 2 is 2.08 bits per heavy atom. The van der Waals surface area contributed by atoms with Gasteiger partial charge in [0, 0.05) is 6.20 Å². The Labute approximate surface area is 82.7 Å². The standard InChI is InChI=1S/C7H2Cl2F2N2/c8-5-3(1-12)4(7(10)11)2-13-6(5)9/h2,7H. The molecule has 13 heavy (non-hydrogen) atoms. The number of pyridine rings is 1. The van der Waals surface area contributed by atoms with Crippen molar-refractivity contribution in [3.63, 3.8) is 0 Å². The van der Waals surface area contributed by atoms with E-state index in [9.17, 15) is 8.78 Å². The molecule has 1 aromatic heterocycles. The van der Waals surface area contributed by atoms with Crippen molar-refractivity contribution >= 4 is 23.2 Å². The van der Waals surface area contributed by atoms with Gasteiger partial charge in [0.2, 0.25) is 0 Å². The third-order valence-electron chi connectivity index (χ3n) is 1.35. The van der Waals surface area contributed by atoms with Crippen molar-refractivity contribution in [2.24, 2.45) is 0 Å². The number of halogens is 4. The van der Waals surface area contributed by atoms with Gasteiger partial charge in [0.05, 0.1) is 16.1 Å². The van der Waals surface area contributed by atoms with Crippen molar-refractivity contribution in [3.05, 3.63) is 27.5 Å². The molecule has 1 rings (SSSR count). The maximum absolute atomic E-state index is 12.2. The largest absolute Gasteiger partial charge is 0.266 e. The molecule has 0 saturated carbocycles. The highest BCUT2D eigenvalue weighted by molar-refractivity contribution is 6.41. The smallest absolute Gasteiger partial charge is 0.242 e. The van der Waals surface area contributed by atoms with Crippen LogP contribution in [0.1, 0.15) is 17.6 Å². The highest BCUT2D eigenvalue weighted by Gasteiger charge is 2.18. The van der Waals surface area contributed by atoms with Crippen LogP contribution in [0.3, 0.4) is 0 Å². The highest BCUT2D eigenvalue weighted by atomic mass is 35.5. The molecule has 0 fully saturated rings. The second-order valence-electron chi connectivity index (χ2n) is 2.11. The molecule has 6 heteroatoms. The van der Waals surface area contributed by atoms with Gasteiger partial charge in [0.15, 0.2) is 0 Å². The minimum absolute atomic E-state index is 0.150. The van der Waals surface area contributed by atoms with Crippen LogP contribution in [0.4, 0.5) is 8.78 Å². The Bertz CT molecular complexity index is 373. The van der Waals surface area contributed by atoms with Gasteiger partial charge in [-0.15, -0.1) is 0 Å². The first kappa shape index (κ1) is 10.2. The molecule has 0 spiro atoms. The molecule has 0 atom stereocenters. The van der Waals surface area contributed by atoms with Gasteiger partial charge in [0.25, 0.3) is 6.43 Å². The molecular formula is C7H2Cl2F2N2. The van der Waals surface area contributed by atoms with E-state index in [-0.39, 0.29) is 15.7 Å². The molecule has 0 aliphatic carbocycles. The van der Waals surface area contributed by atoms with Crippen LogP contribution in [0.15, 0.2) is 6.20 Å². The highest BCUT2D eigenvalue weighted by Crippen LogP contribution is 2.30. The molecule has 0 N–H and O–H groups in total. The number of hydrogen-bond acceptors (Lipinski definition) is 2. The summed E-state index contributed by atoms with van der Waals surface area (Å²) in [5.74, 6) is 0. The summed E-state index contributed by atoms with van der Waals surface area (Å²) in [4.78, 5) is 3.41. The number of alkyl halides is 2. The predicted molar refractivity (Wildman–Crippen MR) is 43.9 cm³/mol. The second kappa shape index (κ2) is 3.86. The molecule has 0 radical (unpaired) electrons. The van der Waals surface area contributed by atoms with E-state index in [4.69, 9.17) is 28.5 Å². The lowest BCUT2D eigenvalue weighted by atomic mass is 10.1. The van der Waals surface area contributed by atoms with E-state index in [0.29, 0.717) is 0 Å². The van der Waals surface area contributed by atoms with Crippen molar-refractivity contribution in [2.45, 2.75) is 6.43 Å². The predicted octanol–water partition coefficient (Wildman–Crippen LogP) is 3.20. The van der Waals surface area contributed by atoms with E-state index >= 15 is 0 Å². The lowest BCUT2D eigenvalue weighted by Crippen LogP contribution is -1.94. The van der Waals surface area contributed by atoms with Crippen LogP contribution in [-0.2, 0) is 0 Å². The van der Waals surface area contributed by atoms with Crippen LogP contribution in [-0.4, -0.2) is 4.98 Å². The summed E-state index contributed by atoms with van der Waals surface area (Å²) in [6.45, 7) is 0. The number of nitrogens with zero attached hydrogens (tertiary/aromatic N) is 2. The second-order valence-corrected chi connectivity index (χ2v) is 2.84. The Balaban J connectivity index is 3.41. The summed E-state index contributed by atoms with van der Waals surface area (Å²) < 4.78 is 24.5. The molecule has 1 heterocycles. The fourth-order valence-electron chi connectivity index (χ4n) is 0.756. The Hall–Kier alpha value is -0.920. The van der Waals surface area contributed by atoms with E-state index in [1.807, 2.05) is 0 Å². The Morgan fingerprint density at radius 3 is 2.54 bits per heavy atom. The van der Waals surface area contributed by atoms with Crippen LogP contribution in [0.5, 0.6) is 0 Å². The van der Waals surface area contributed by atoms with E-state index in [1.165, 1.54) is 0 Å². The van der Waals surface area contributed by atoms with Gasteiger partial charge < -0.3 is 0 Å². The molecule has 1 aromatic rings. The average Bonchev–Trinajstić information content (AvgIpc) is 2.09. The normalized spacial score (nSPS) is 10.2. The van der Waals surface area contributed by atoms with E-state index in [1.54, 1.807) is 6.07 Å². The van der Waals surface area contributed by atoms with Crippen LogP contribution in [0.25, 0.3) is 0 Å². The summed E-state index contributed by atoms with van der Waals surface area (Å²) >= 11 is 10.9. The summed E-state index contributed by atoms with van der Waals surface area (Å²) in [7, 11) is 0. The minimum atomic E-state index is -2.78. The summed E-state index contributed by atoms with van der Waals surface area (Å²) in [6, 6.07) is 1.55. The van der Waals surface area contributed by atoms with Gasteiger partial charge in [-0.2, -0.15) is 5.26 Å². The van der Waals surface area contributed by atoms with E-state index in [0.717, 1.165) is 6.20 Å². The third kappa shape index (κ3) is 1.87. The zero-order valence-corrected chi connectivity index (χ0v) is 7.57. The van der Waals surface area contributed by atoms with Gasteiger partial charge in [-0.25, -0.2) is 13.8 Å². The van der Waals surface area contributed by atoms with Crippen LogP contribution in [0.2, 0.25) is 10.2 Å². The first-order valence-electron chi connectivity index (χ1n) is 3.10. The molecule has 0 aromatic carbocycles. The topological polar surface area (TPSA) is 36.7 Å². The van der Waals surface area contributed by atoms with Crippen molar-refractivity contribution in [1.29, 1.82) is 5.26 Å². The molecule has 68 valence electrons. The quantitative estimate of drug-likeness (QED) is 0.685. The number of nitriles is 1. The van der Waals surface area contributed by atoms with Crippen molar-refractivity contribution < 1.29 is 8.78 Å². The number of hydrogen-bond donors (Lipinski definition) is 0. The summed E-state index contributed by atoms with van der Waals surface area (Å²) in [5.41, 5.74) is -0.825. The zero-order valence-electron chi connectivity index (χ0n) is 6.06. The molecule has 0 amide bonds. The van der Waals surface area contributed by atoms with Crippen molar-refractivity contribution in [2.75, 3.05) is 0 Å². The van der Waals surface area contributed by atoms with Gasteiger partial charge in [-0.05, 0) is 0 Å². The SMILES string of the molecule is N#Cc1c(C(F)F)cnc(Cl)c1Cl. The summed E-state index contributed by atoms with van der Waals surface area (Å²) in [6.07, 6.45) is -1.94. The minimum Gasteiger partial charge on any atom is -0.242 e.